The van der Waals surface area contributed by atoms with Crippen molar-refractivity contribution in [1.29, 1.82) is 0 Å². The van der Waals surface area contributed by atoms with E-state index in [1.54, 1.807) is 22.6 Å². The Kier molecular flexibility index (Phi) is 3.98. The SMILES string of the molecule is NC(=O)c1cc(I)nc(I)c1C(F)F. The van der Waals surface area contributed by atoms with Crippen molar-refractivity contribution in [3.8, 4) is 0 Å². The van der Waals surface area contributed by atoms with Crippen molar-refractivity contribution >= 4 is 51.1 Å². The number of hydrogen-bond donors (Lipinski definition) is 1. The van der Waals surface area contributed by atoms with Crippen LogP contribution in [0.15, 0.2) is 6.07 Å². The van der Waals surface area contributed by atoms with Gasteiger partial charge in [-0.25, -0.2) is 13.8 Å². The van der Waals surface area contributed by atoms with Gasteiger partial charge in [0.05, 0.1) is 11.1 Å². The molecule has 0 aliphatic carbocycles. The highest BCUT2D eigenvalue weighted by atomic mass is 127. The molecule has 2 N–H and O–H groups in total. The minimum absolute atomic E-state index is 0.110. The monoisotopic (exact) mass is 424 g/mol. The maximum Gasteiger partial charge on any atom is 0.267 e. The predicted octanol–water partition coefficient (Wildman–Crippen LogP) is 2.33. The van der Waals surface area contributed by atoms with Gasteiger partial charge in [-0.1, -0.05) is 0 Å². The zero-order valence-electron chi connectivity index (χ0n) is 6.60. The number of carbonyl (C=O) groups excluding carboxylic acids is 1. The molecule has 0 saturated carbocycles. The molecule has 0 atom stereocenters. The van der Waals surface area contributed by atoms with Gasteiger partial charge >= 0.3 is 0 Å². The van der Waals surface area contributed by atoms with Gasteiger partial charge in [0.15, 0.2) is 0 Å². The Hall–Kier alpha value is -0.0600. The Bertz CT molecular complexity index is 384. The maximum atomic E-state index is 12.5. The second kappa shape index (κ2) is 4.64. The summed E-state index contributed by atoms with van der Waals surface area (Å²) < 4.78 is 25.6. The largest absolute Gasteiger partial charge is 0.366 e. The first-order chi connectivity index (χ1) is 6.43. The minimum Gasteiger partial charge on any atom is -0.366 e. The molecule has 0 radical (unpaired) electrons. The number of alkyl halides is 2. The van der Waals surface area contributed by atoms with E-state index in [1.165, 1.54) is 6.07 Å². The Labute approximate surface area is 106 Å². The Balaban J connectivity index is 3.44. The van der Waals surface area contributed by atoms with Gasteiger partial charge in [0.1, 0.15) is 7.40 Å². The lowest BCUT2D eigenvalue weighted by Crippen LogP contribution is -2.16. The summed E-state index contributed by atoms with van der Waals surface area (Å²) in [6.07, 6.45) is -2.74. The van der Waals surface area contributed by atoms with E-state index in [0.29, 0.717) is 3.70 Å². The van der Waals surface area contributed by atoms with Gasteiger partial charge in [0, 0.05) is 0 Å². The highest BCUT2D eigenvalue weighted by molar-refractivity contribution is 14.1. The third-order valence-electron chi connectivity index (χ3n) is 1.46. The van der Waals surface area contributed by atoms with E-state index in [2.05, 4.69) is 4.98 Å². The topological polar surface area (TPSA) is 56.0 Å². The number of nitrogens with two attached hydrogens (primary N) is 1. The summed E-state index contributed by atoms with van der Waals surface area (Å²) in [6, 6.07) is 1.26. The van der Waals surface area contributed by atoms with Gasteiger partial charge in [-0.3, -0.25) is 4.79 Å². The van der Waals surface area contributed by atoms with E-state index in [4.69, 9.17) is 5.73 Å². The summed E-state index contributed by atoms with van der Waals surface area (Å²) in [4.78, 5) is 14.7. The van der Waals surface area contributed by atoms with Gasteiger partial charge in [-0.15, -0.1) is 0 Å². The van der Waals surface area contributed by atoms with Gasteiger partial charge < -0.3 is 5.73 Å². The zero-order valence-corrected chi connectivity index (χ0v) is 10.9. The summed E-state index contributed by atoms with van der Waals surface area (Å²) in [6.45, 7) is 0. The second-order valence-electron chi connectivity index (χ2n) is 2.36. The maximum absolute atomic E-state index is 12.5. The molecule has 0 spiro atoms. The number of primary amides is 1. The number of nitrogens with zero attached hydrogens (tertiary/aromatic N) is 1. The Morgan fingerprint density at radius 1 is 1.50 bits per heavy atom. The van der Waals surface area contributed by atoms with E-state index in [1.807, 2.05) is 22.6 Å². The van der Waals surface area contributed by atoms with Crippen molar-refractivity contribution in [3.05, 3.63) is 24.6 Å². The average molecular weight is 424 g/mol. The molecule has 0 aromatic carbocycles. The van der Waals surface area contributed by atoms with Crippen LogP contribution in [0.4, 0.5) is 8.78 Å². The zero-order chi connectivity index (χ0) is 10.9. The van der Waals surface area contributed by atoms with E-state index in [0.717, 1.165) is 0 Å². The predicted molar refractivity (Wildman–Crippen MR) is 63.1 cm³/mol. The molecule has 76 valence electrons. The van der Waals surface area contributed by atoms with Crippen molar-refractivity contribution in [1.82, 2.24) is 4.98 Å². The summed E-state index contributed by atoms with van der Waals surface area (Å²) in [7, 11) is 0. The fraction of sp³-hybridized carbons (Fsp3) is 0.143. The fourth-order valence-corrected chi connectivity index (χ4v) is 2.71. The van der Waals surface area contributed by atoms with Crippen LogP contribution in [0.25, 0.3) is 0 Å². The van der Waals surface area contributed by atoms with Gasteiger partial charge in [-0.2, -0.15) is 0 Å². The second-order valence-corrected chi connectivity index (χ2v) is 4.49. The molecule has 1 amide bonds. The fourth-order valence-electron chi connectivity index (χ4n) is 0.906. The number of rotatable bonds is 2. The lowest BCUT2D eigenvalue weighted by molar-refractivity contribution is 0.0985. The van der Waals surface area contributed by atoms with E-state index < -0.39 is 17.9 Å². The van der Waals surface area contributed by atoms with Crippen LogP contribution in [0, 0.1) is 7.40 Å². The number of carbonyl (C=O) groups is 1. The average Bonchev–Trinajstić information content (AvgIpc) is 2.01. The molecule has 14 heavy (non-hydrogen) atoms. The van der Waals surface area contributed by atoms with E-state index in [9.17, 15) is 13.6 Å². The molecule has 0 aliphatic heterocycles. The van der Waals surface area contributed by atoms with Gasteiger partial charge in [0.2, 0.25) is 5.91 Å². The first kappa shape index (κ1) is 12.0. The molecule has 7 heteroatoms. The molecule has 1 aromatic heterocycles. The summed E-state index contributed by atoms with van der Waals surface area (Å²) >= 11 is 3.49. The molecule has 3 nitrogen and oxygen atoms in total. The van der Waals surface area contributed by atoms with Crippen molar-refractivity contribution in [2.75, 3.05) is 0 Å². The van der Waals surface area contributed by atoms with Crippen LogP contribution in [0.1, 0.15) is 22.3 Å². The molecule has 0 aliphatic rings. The lowest BCUT2D eigenvalue weighted by Gasteiger charge is -2.07. The minimum atomic E-state index is -2.74. The first-order valence-corrected chi connectivity index (χ1v) is 5.53. The summed E-state index contributed by atoms with van der Waals surface area (Å²) in [5.74, 6) is -0.862. The molecule has 0 unspecified atom stereocenters. The highest BCUT2D eigenvalue weighted by Gasteiger charge is 2.21. The molecule has 0 fully saturated rings. The molecule has 1 heterocycles. The van der Waals surface area contributed by atoms with Crippen molar-refractivity contribution in [2.45, 2.75) is 6.43 Å². The van der Waals surface area contributed by atoms with Crippen LogP contribution in [-0.2, 0) is 0 Å². The van der Waals surface area contributed by atoms with E-state index >= 15 is 0 Å². The van der Waals surface area contributed by atoms with E-state index in [-0.39, 0.29) is 9.26 Å². The third-order valence-corrected chi connectivity index (χ3v) is 2.84. The summed E-state index contributed by atoms with van der Waals surface area (Å²) in [5.41, 5.74) is 4.43. The Morgan fingerprint density at radius 3 is 2.50 bits per heavy atom. The van der Waals surface area contributed by atoms with Crippen LogP contribution in [0.2, 0.25) is 0 Å². The van der Waals surface area contributed by atoms with Gasteiger partial charge in [0.25, 0.3) is 6.43 Å². The molecular weight excluding hydrogens is 420 g/mol. The van der Waals surface area contributed by atoms with Gasteiger partial charge in [-0.05, 0) is 51.2 Å². The first-order valence-electron chi connectivity index (χ1n) is 3.37. The Morgan fingerprint density at radius 2 is 2.07 bits per heavy atom. The molecule has 1 rings (SSSR count). The van der Waals surface area contributed by atoms with Crippen molar-refractivity contribution in [3.63, 3.8) is 0 Å². The molecule has 0 bridgehead atoms. The number of halogens is 4. The molecule has 0 saturated heterocycles. The number of pyridine rings is 1. The van der Waals surface area contributed by atoms with Crippen LogP contribution in [0.3, 0.4) is 0 Å². The normalized spacial score (nSPS) is 10.6. The van der Waals surface area contributed by atoms with Crippen molar-refractivity contribution in [2.24, 2.45) is 5.73 Å². The van der Waals surface area contributed by atoms with Crippen molar-refractivity contribution < 1.29 is 13.6 Å². The third kappa shape index (κ3) is 2.49. The van der Waals surface area contributed by atoms with Crippen LogP contribution in [-0.4, -0.2) is 10.9 Å². The molecule has 1 aromatic rings. The smallest absolute Gasteiger partial charge is 0.267 e. The molecular formula is C7H4F2I2N2O. The van der Waals surface area contributed by atoms with Crippen LogP contribution < -0.4 is 5.73 Å². The number of amides is 1. The van der Waals surface area contributed by atoms with Crippen LogP contribution >= 0.6 is 45.2 Å². The summed E-state index contributed by atoms with van der Waals surface area (Å²) in [5, 5.41) is 0. The number of hydrogen-bond acceptors (Lipinski definition) is 2. The standard InChI is InChI=1S/C7H4F2I2N2O/c8-5(9)4-2(7(12)14)1-3(10)13-6(4)11/h1,5H,(H2,12,14). The lowest BCUT2D eigenvalue weighted by atomic mass is 10.1. The van der Waals surface area contributed by atoms with Crippen LogP contribution in [0.5, 0.6) is 0 Å². The highest BCUT2D eigenvalue weighted by Crippen LogP contribution is 2.27. The quantitative estimate of drug-likeness (QED) is 0.586. The number of aromatic nitrogens is 1.